The summed E-state index contributed by atoms with van der Waals surface area (Å²) in [7, 11) is 2.18. The van der Waals surface area contributed by atoms with Crippen LogP contribution in [0.1, 0.15) is 49.6 Å². The fourth-order valence-electron chi connectivity index (χ4n) is 5.64. The molecule has 10 heteroatoms. The summed E-state index contributed by atoms with van der Waals surface area (Å²) < 4.78 is 0. The lowest BCUT2D eigenvalue weighted by atomic mass is 9.99. The summed E-state index contributed by atoms with van der Waals surface area (Å²) in [6.45, 7) is 11.2. The van der Waals surface area contributed by atoms with Gasteiger partial charge in [-0.1, -0.05) is 43.6 Å². The third-order valence-corrected chi connectivity index (χ3v) is 9.15. The maximum absolute atomic E-state index is 13.8. The number of nitrogens with zero attached hydrogens (tertiary/aromatic N) is 4. The van der Waals surface area contributed by atoms with Crippen LogP contribution in [0.25, 0.3) is 0 Å². The molecule has 40 heavy (non-hydrogen) atoms. The van der Waals surface area contributed by atoms with Crippen molar-refractivity contribution in [1.82, 2.24) is 25.1 Å². The van der Waals surface area contributed by atoms with Crippen molar-refractivity contribution < 1.29 is 9.59 Å². The molecule has 2 saturated heterocycles. The number of nitrogens with one attached hydrogen (secondary N) is 1. The molecule has 0 bridgehead atoms. The van der Waals surface area contributed by atoms with E-state index in [0.717, 1.165) is 56.0 Å². The SMILES string of the molecule is CC(C)CN(C1CCN(C(=O)[C@@H](Cc2ccc(Cl)cc2)NC(=O)C[C@@H](N)c2cccs2)CC1)N1CCN(C)CC1. The van der Waals surface area contributed by atoms with Gasteiger partial charge in [-0.15, -0.1) is 11.3 Å². The molecule has 0 spiro atoms. The van der Waals surface area contributed by atoms with Crippen LogP contribution in [0.2, 0.25) is 5.02 Å². The molecule has 2 atom stereocenters. The molecule has 0 unspecified atom stereocenters. The van der Waals surface area contributed by atoms with Crippen LogP contribution in [-0.2, 0) is 16.0 Å². The Morgan fingerprint density at radius 3 is 2.35 bits per heavy atom. The highest BCUT2D eigenvalue weighted by Crippen LogP contribution is 2.23. The minimum Gasteiger partial charge on any atom is -0.344 e. The van der Waals surface area contributed by atoms with Crippen molar-refractivity contribution in [2.45, 2.75) is 57.7 Å². The predicted octanol–water partition coefficient (Wildman–Crippen LogP) is 3.63. The first-order valence-electron chi connectivity index (χ1n) is 14.5. The molecule has 1 aromatic heterocycles. The number of halogens is 1. The van der Waals surface area contributed by atoms with Gasteiger partial charge in [0.05, 0.1) is 0 Å². The number of carbonyl (C=O) groups is 2. The summed E-state index contributed by atoms with van der Waals surface area (Å²) in [5.41, 5.74) is 7.24. The smallest absolute Gasteiger partial charge is 0.245 e. The van der Waals surface area contributed by atoms with Crippen LogP contribution >= 0.6 is 22.9 Å². The normalized spacial score (nSPS) is 19.2. The van der Waals surface area contributed by atoms with Gasteiger partial charge in [0, 0.05) is 80.6 Å². The standard InChI is InChI=1S/C30H45ClN6O2S/c1-22(2)21-37(36-16-14-34(3)15-17-36)25-10-12-35(13-11-25)30(39)27(19-23-6-8-24(31)9-7-23)33-29(38)20-26(32)28-5-4-18-40-28/h4-9,18,22,25-27H,10-17,19-21,32H2,1-3H3,(H,33,38)/t26-,27-/m1/s1. The fourth-order valence-corrected chi connectivity index (χ4v) is 6.49. The van der Waals surface area contributed by atoms with Crippen molar-refractivity contribution >= 4 is 34.8 Å². The number of piperazine rings is 1. The number of piperidine rings is 1. The van der Waals surface area contributed by atoms with Crippen molar-refractivity contribution in [1.29, 1.82) is 0 Å². The summed E-state index contributed by atoms with van der Waals surface area (Å²) in [5, 5.41) is 10.7. The molecular weight excluding hydrogens is 544 g/mol. The summed E-state index contributed by atoms with van der Waals surface area (Å²) in [4.78, 5) is 32.2. The van der Waals surface area contributed by atoms with Gasteiger partial charge < -0.3 is 20.9 Å². The lowest BCUT2D eigenvalue weighted by molar-refractivity contribution is -0.140. The summed E-state index contributed by atoms with van der Waals surface area (Å²) in [5.74, 6) is 0.335. The third kappa shape index (κ3) is 8.74. The number of thiophene rings is 1. The summed E-state index contributed by atoms with van der Waals surface area (Å²) in [6, 6.07) is 10.7. The monoisotopic (exact) mass is 588 g/mol. The Labute approximate surface area is 248 Å². The average molecular weight is 589 g/mol. The van der Waals surface area contributed by atoms with E-state index in [1.54, 1.807) is 0 Å². The minimum absolute atomic E-state index is 0.0264. The van der Waals surface area contributed by atoms with Crippen LogP contribution in [0.4, 0.5) is 0 Å². The maximum Gasteiger partial charge on any atom is 0.245 e. The first-order valence-corrected chi connectivity index (χ1v) is 15.8. The Morgan fingerprint density at radius 2 is 1.75 bits per heavy atom. The molecule has 0 radical (unpaired) electrons. The summed E-state index contributed by atoms with van der Waals surface area (Å²) >= 11 is 7.63. The minimum atomic E-state index is -0.648. The zero-order valence-electron chi connectivity index (χ0n) is 24.1. The number of likely N-dealkylation sites (tertiary alicyclic amines) is 1. The number of amides is 2. The molecular formula is C30H45ClN6O2S. The van der Waals surface area contributed by atoms with Gasteiger partial charge in [0.25, 0.3) is 0 Å². The second-order valence-electron chi connectivity index (χ2n) is 11.6. The Hall–Kier alpha value is -2.01. The highest BCUT2D eigenvalue weighted by molar-refractivity contribution is 7.10. The topological polar surface area (TPSA) is 85.1 Å². The molecule has 8 nitrogen and oxygen atoms in total. The zero-order chi connectivity index (χ0) is 28.6. The molecule has 2 aromatic rings. The number of hydrogen-bond acceptors (Lipinski definition) is 7. The molecule has 3 N–H and O–H groups in total. The van der Waals surface area contributed by atoms with Crippen LogP contribution < -0.4 is 11.1 Å². The van der Waals surface area contributed by atoms with E-state index in [9.17, 15) is 9.59 Å². The lowest BCUT2D eigenvalue weighted by Gasteiger charge is -2.47. The molecule has 4 rings (SSSR count). The van der Waals surface area contributed by atoms with Crippen LogP contribution in [0.15, 0.2) is 41.8 Å². The van der Waals surface area contributed by atoms with E-state index in [4.69, 9.17) is 17.3 Å². The molecule has 0 aliphatic carbocycles. The quantitative estimate of drug-likeness (QED) is 0.417. The van der Waals surface area contributed by atoms with Crippen molar-refractivity contribution in [3.05, 3.63) is 57.2 Å². The number of hydrazine groups is 1. The van der Waals surface area contributed by atoms with E-state index in [-0.39, 0.29) is 24.3 Å². The molecule has 2 fully saturated rings. The van der Waals surface area contributed by atoms with E-state index in [1.807, 2.05) is 46.7 Å². The van der Waals surface area contributed by atoms with Crippen LogP contribution in [-0.4, -0.2) is 96.6 Å². The van der Waals surface area contributed by atoms with Crippen LogP contribution in [0, 0.1) is 5.92 Å². The van der Waals surface area contributed by atoms with E-state index >= 15 is 0 Å². The average Bonchev–Trinajstić information content (AvgIpc) is 3.48. The van der Waals surface area contributed by atoms with E-state index < -0.39 is 6.04 Å². The largest absolute Gasteiger partial charge is 0.344 e. The van der Waals surface area contributed by atoms with Gasteiger partial charge in [-0.2, -0.15) is 0 Å². The highest BCUT2D eigenvalue weighted by atomic mass is 35.5. The first kappa shape index (κ1) is 30.9. The second kappa shape index (κ2) is 14.8. The molecule has 2 amide bonds. The molecule has 3 heterocycles. The number of nitrogens with two attached hydrogens (primary N) is 1. The van der Waals surface area contributed by atoms with Crippen molar-refractivity contribution in [2.75, 3.05) is 52.9 Å². The number of carbonyl (C=O) groups excluding carboxylic acids is 2. The number of rotatable bonds is 11. The van der Waals surface area contributed by atoms with Gasteiger partial charge >= 0.3 is 0 Å². The van der Waals surface area contributed by atoms with Gasteiger partial charge in [-0.25, -0.2) is 10.0 Å². The second-order valence-corrected chi connectivity index (χ2v) is 13.0. The molecule has 2 aliphatic rings. The van der Waals surface area contributed by atoms with Crippen LogP contribution in [0.3, 0.4) is 0 Å². The Balaban J connectivity index is 1.40. The Bertz CT molecular complexity index is 1070. The fraction of sp³-hybridized carbons (Fsp3) is 0.600. The van der Waals surface area contributed by atoms with Gasteiger partial charge in [0.2, 0.25) is 11.8 Å². The van der Waals surface area contributed by atoms with Gasteiger partial charge in [-0.05, 0) is 54.9 Å². The zero-order valence-corrected chi connectivity index (χ0v) is 25.7. The molecule has 220 valence electrons. The van der Waals surface area contributed by atoms with Crippen LogP contribution in [0.5, 0.6) is 0 Å². The first-order chi connectivity index (χ1) is 19.2. The lowest BCUT2D eigenvalue weighted by Crippen LogP contribution is -2.60. The summed E-state index contributed by atoms with van der Waals surface area (Å²) in [6.07, 6.45) is 2.41. The predicted molar refractivity (Wildman–Crippen MR) is 163 cm³/mol. The van der Waals surface area contributed by atoms with Crippen molar-refractivity contribution in [3.8, 4) is 0 Å². The number of benzene rings is 1. The van der Waals surface area contributed by atoms with E-state index in [0.29, 0.717) is 36.5 Å². The van der Waals surface area contributed by atoms with Crippen molar-refractivity contribution in [3.63, 3.8) is 0 Å². The molecule has 2 aliphatic heterocycles. The molecule has 0 saturated carbocycles. The number of hydrogen-bond donors (Lipinski definition) is 2. The highest BCUT2D eigenvalue weighted by Gasteiger charge is 2.34. The third-order valence-electron chi connectivity index (χ3n) is 7.89. The maximum atomic E-state index is 13.8. The Kier molecular flexibility index (Phi) is 11.4. The van der Waals surface area contributed by atoms with E-state index in [2.05, 4.69) is 41.1 Å². The van der Waals surface area contributed by atoms with Gasteiger partial charge in [-0.3, -0.25) is 9.59 Å². The van der Waals surface area contributed by atoms with E-state index in [1.165, 1.54) is 11.3 Å². The van der Waals surface area contributed by atoms with Crippen molar-refractivity contribution in [2.24, 2.45) is 11.7 Å². The van der Waals surface area contributed by atoms with Gasteiger partial charge in [0.1, 0.15) is 6.04 Å². The number of likely N-dealkylation sites (N-methyl/N-ethyl adjacent to an activating group) is 1. The molecule has 1 aromatic carbocycles. The Morgan fingerprint density at radius 1 is 1.07 bits per heavy atom. The van der Waals surface area contributed by atoms with Gasteiger partial charge in [0.15, 0.2) is 0 Å².